The molecule has 0 spiro atoms. The first kappa shape index (κ1) is 21.5. The van der Waals surface area contributed by atoms with Gasteiger partial charge in [0.05, 0.1) is 34.8 Å². The van der Waals surface area contributed by atoms with Crippen molar-refractivity contribution in [2.45, 2.75) is 6.18 Å². The maximum Gasteiger partial charge on any atom is 0.406 e. The lowest BCUT2D eigenvalue weighted by Gasteiger charge is -2.33. The van der Waals surface area contributed by atoms with E-state index < -0.39 is 12.7 Å². The van der Waals surface area contributed by atoms with Gasteiger partial charge in [-0.25, -0.2) is 0 Å². The number of hydrogen-bond donors (Lipinski definition) is 2. The maximum atomic E-state index is 13.7. The van der Waals surface area contributed by atoms with Gasteiger partial charge >= 0.3 is 6.18 Å². The number of ether oxygens (including phenoxy) is 1. The van der Waals surface area contributed by atoms with Crippen LogP contribution >= 0.6 is 0 Å². The Balaban J connectivity index is 1.32. The van der Waals surface area contributed by atoms with Crippen molar-refractivity contribution in [3.05, 3.63) is 85.2 Å². The topological polar surface area (TPSA) is 69.8 Å². The summed E-state index contributed by atoms with van der Waals surface area (Å²) in [5.41, 5.74) is 6.04. The molecule has 0 fully saturated rings. The molecular weight excluding hydrogens is 479 g/mol. The summed E-state index contributed by atoms with van der Waals surface area (Å²) in [6.45, 7) is -1.13. The minimum absolute atomic E-state index is 0.365. The molecule has 1 aliphatic heterocycles. The normalized spacial score (nSPS) is 13.0. The highest BCUT2D eigenvalue weighted by Gasteiger charge is 2.36. The van der Waals surface area contributed by atoms with E-state index >= 15 is 0 Å². The predicted octanol–water partition coefficient (Wildman–Crippen LogP) is 7.58. The van der Waals surface area contributed by atoms with Gasteiger partial charge in [-0.3, -0.25) is 10.2 Å². The third kappa shape index (κ3) is 3.76. The Morgan fingerprint density at radius 1 is 0.649 bits per heavy atom. The van der Waals surface area contributed by atoms with E-state index in [9.17, 15) is 13.2 Å². The summed E-state index contributed by atoms with van der Waals surface area (Å²) in [5, 5.41) is 15.8. The van der Waals surface area contributed by atoms with Crippen molar-refractivity contribution in [1.29, 1.82) is 0 Å². The number of nitrogens with zero attached hydrogens (tertiary/aromatic N) is 3. The largest absolute Gasteiger partial charge is 0.453 e. The molecule has 37 heavy (non-hydrogen) atoms. The fraction of sp³-hybridized carbons (Fsp3) is 0.0714. The molecular formula is C28H18F3N5O. The highest BCUT2D eigenvalue weighted by atomic mass is 19.4. The molecule has 4 aromatic carbocycles. The SMILES string of the molecule is FC(F)(F)CN1c2ccc(-c3ccc4[nH]ncc4c3)cc2Oc2cc(-c3ccc4[nH]ncc4c3)ccc21. The van der Waals surface area contributed by atoms with Crippen LogP contribution in [0.3, 0.4) is 0 Å². The second-order valence-electron chi connectivity index (χ2n) is 9.01. The molecule has 0 atom stereocenters. The van der Waals surface area contributed by atoms with Crippen molar-refractivity contribution in [2.24, 2.45) is 0 Å². The van der Waals surface area contributed by atoms with Crippen LogP contribution in [0, 0.1) is 0 Å². The molecule has 6 nitrogen and oxygen atoms in total. The molecule has 7 rings (SSSR count). The summed E-state index contributed by atoms with van der Waals surface area (Å²) in [4.78, 5) is 1.26. The first-order valence-corrected chi connectivity index (χ1v) is 11.6. The highest BCUT2D eigenvalue weighted by molar-refractivity contribution is 5.88. The van der Waals surface area contributed by atoms with Crippen LogP contribution in [-0.2, 0) is 0 Å². The number of H-pyrrole nitrogens is 2. The van der Waals surface area contributed by atoms with Crippen molar-refractivity contribution in [3.63, 3.8) is 0 Å². The van der Waals surface area contributed by atoms with Crippen LogP contribution in [-0.4, -0.2) is 33.1 Å². The Morgan fingerprint density at radius 3 is 1.59 bits per heavy atom. The van der Waals surface area contributed by atoms with E-state index in [-0.39, 0.29) is 0 Å². The Kier molecular flexibility index (Phi) is 4.56. The van der Waals surface area contributed by atoms with E-state index in [1.54, 1.807) is 36.7 Å². The maximum absolute atomic E-state index is 13.7. The van der Waals surface area contributed by atoms with Gasteiger partial charge in [-0.2, -0.15) is 23.4 Å². The average molecular weight is 497 g/mol. The average Bonchev–Trinajstić information content (AvgIpc) is 3.55. The second-order valence-corrected chi connectivity index (χ2v) is 9.01. The standard InChI is InChI=1S/C28H18F3N5O/c29-28(30,31)15-36-24-7-3-18(16-1-5-22-20(9-16)13-32-34-22)11-26(24)37-27-12-19(4-8-25(27)36)17-2-6-23-21(10-17)14-33-35-23/h1-14H,15H2,(H,32,34)(H,33,35). The number of benzene rings is 4. The summed E-state index contributed by atoms with van der Waals surface area (Å²) >= 11 is 0. The molecule has 2 aromatic heterocycles. The van der Waals surface area contributed by atoms with Gasteiger partial charge in [0.15, 0.2) is 11.5 Å². The van der Waals surface area contributed by atoms with Crippen LogP contribution in [0.4, 0.5) is 24.5 Å². The molecule has 182 valence electrons. The number of nitrogens with one attached hydrogen (secondary N) is 2. The third-order valence-corrected chi connectivity index (χ3v) is 6.61. The van der Waals surface area contributed by atoms with E-state index in [1.807, 2.05) is 48.5 Å². The number of aromatic amines is 2. The number of halogens is 3. The fourth-order valence-electron chi connectivity index (χ4n) is 4.84. The van der Waals surface area contributed by atoms with Gasteiger partial charge in [0.25, 0.3) is 0 Å². The van der Waals surface area contributed by atoms with Crippen LogP contribution in [0.15, 0.2) is 85.2 Å². The summed E-state index contributed by atoms with van der Waals surface area (Å²) in [6.07, 6.45) is -0.934. The first-order chi connectivity index (χ1) is 17.9. The first-order valence-electron chi connectivity index (χ1n) is 11.6. The van der Waals surface area contributed by atoms with Gasteiger partial charge in [0.1, 0.15) is 6.54 Å². The van der Waals surface area contributed by atoms with Crippen LogP contribution in [0.1, 0.15) is 0 Å². The minimum Gasteiger partial charge on any atom is -0.453 e. The van der Waals surface area contributed by atoms with E-state index in [0.29, 0.717) is 22.9 Å². The summed E-state index contributed by atoms with van der Waals surface area (Å²) in [5.74, 6) is 0.730. The van der Waals surface area contributed by atoms with Crippen molar-refractivity contribution in [3.8, 4) is 33.8 Å². The molecule has 6 aromatic rings. The van der Waals surface area contributed by atoms with Crippen molar-refractivity contribution in [1.82, 2.24) is 20.4 Å². The van der Waals surface area contributed by atoms with Crippen LogP contribution in [0.25, 0.3) is 44.1 Å². The molecule has 9 heteroatoms. The quantitative estimate of drug-likeness (QED) is 0.264. The fourth-order valence-corrected chi connectivity index (χ4v) is 4.84. The lowest BCUT2D eigenvalue weighted by atomic mass is 10.0. The van der Waals surface area contributed by atoms with Gasteiger partial charge in [0.2, 0.25) is 0 Å². The molecule has 0 amide bonds. The second kappa shape index (κ2) is 7.86. The van der Waals surface area contributed by atoms with E-state index in [0.717, 1.165) is 44.1 Å². The van der Waals surface area contributed by atoms with Gasteiger partial charge in [-0.15, -0.1) is 0 Å². The monoisotopic (exact) mass is 497 g/mol. The third-order valence-electron chi connectivity index (χ3n) is 6.61. The van der Waals surface area contributed by atoms with Crippen molar-refractivity contribution >= 4 is 33.2 Å². The van der Waals surface area contributed by atoms with Crippen molar-refractivity contribution < 1.29 is 17.9 Å². The molecule has 0 bridgehead atoms. The summed E-state index contributed by atoms with van der Waals surface area (Å²) in [6, 6.07) is 22.2. The number of anilines is 2. The van der Waals surface area contributed by atoms with Gasteiger partial charge in [0, 0.05) is 10.8 Å². The number of rotatable bonds is 3. The zero-order valence-electron chi connectivity index (χ0n) is 19.2. The van der Waals surface area contributed by atoms with Gasteiger partial charge in [-0.05, 0) is 70.8 Å². The van der Waals surface area contributed by atoms with Crippen molar-refractivity contribution in [2.75, 3.05) is 11.4 Å². The Morgan fingerprint density at radius 2 is 1.11 bits per heavy atom. The molecule has 3 heterocycles. The lowest BCUT2D eigenvalue weighted by molar-refractivity contribution is -0.118. The van der Waals surface area contributed by atoms with Crippen LogP contribution in [0.2, 0.25) is 0 Å². The number of alkyl halides is 3. The summed E-state index contributed by atoms with van der Waals surface area (Å²) in [7, 11) is 0. The number of fused-ring (bicyclic) bond motifs is 4. The van der Waals surface area contributed by atoms with Gasteiger partial charge in [-0.1, -0.05) is 24.3 Å². The molecule has 2 N–H and O–H groups in total. The van der Waals surface area contributed by atoms with E-state index in [4.69, 9.17) is 4.74 Å². The van der Waals surface area contributed by atoms with E-state index in [1.165, 1.54) is 4.90 Å². The van der Waals surface area contributed by atoms with Crippen LogP contribution in [0.5, 0.6) is 11.5 Å². The van der Waals surface area contributed by atoms with Gasteiger partial charge < -0.3 is 9.64 Å². The molecule has 0 aliphatic carbocycles. The Bertz CT molecular complexity index is 1680. The molecule has 1 aliphatic rings. The van der Waals surface area contributed by atoms with E-state index in [2.05, 4.69) is 20.4 Å². The zero-order valence-corrected chi connectivity index (χ0v) is 19.2. The smallest absolute Gasteiger partial charge is 0.406 e. The highest BCUT2D eigenvalue weighted by Crippen LogP contribution is 2.50. The Labute approximate surface area is 208 Å². The molecule has 0 radical (unpaired) electrons. The lowest BCUT2D eigenvalue weighted by Crippen LogP contribution is -2.32. The Hall–Kier alpha value is -4.79. The minimum atomic E-state index is -4.40. The molecule has 0 unspecified atom stereocenters. The zero-order chi connectivity index (χ0) is 25.1. The van der Waals surface area contributed by atoms with Crippen LogP contribution < -0.4 is 9.64 Å². The molecule has 0 saturated heterocycles. The summed E-state index contributed by atoms with van der Waals surface area (Å²) < 4.78 is 47.2. The number of hydrogen-bond acceptors (Lipinski definition) is 4. The molecule has 0 saturated carbocycles. The predicted molar refractivity (Wildman–Crippen MR) is 136 cm³/mol. The number of aromatic nitrogens is 4.